The van der Waals surface area contributed by atoms with Gasteiger partial charge in [-0.05, 0) is 19.1 Å². The fourth-order valence-corrected chi connectivity index (χ4v) is 2.68. The van der Waals surface area contributed by atoms with Crippen molar-refractivity contribution in [3.63, 3.8) is 0 Å². The largest absolute Gasteiger partial charge is 0.296 e. The highest BCUT2D eigenvalue weighted by atomic mass is 32.1. The van der Waals surface area contributed by atoms with E-state index in [0.29, 0.717) is 10.8 Å². The van der Waals surface area contributed by atoms with E-state index in [1.165, 1.54) is 11.3 Å². The molecule has 0 aliphatic carbocycles. The van der Waals surface area contributed by atoms with Gasteiger partial charge < -0.3 is 0 Å². The summed E-state index contributed by atoms with van der Waals surface area (Å²) >= 11 is 1.37. The number of amides is 1. The second-order valence-corrected chi connectivity index (χ2v) is 5.43. The maximum absolute atomic E-state index is 12.2. The van der Waals surface area contributed by atoms with Crippen LogP contribution in [0.25, 0.3) is 11.3 Å². The van der Waals surface area contributed by atoms with Crippen LogP contribution in [-0.4, -0.2) is 25.7 Å². The van der Waals surface area contributed by atoms with Gasteiger partial charge in [-0.2, -0.15) is 5.10 Å². The van der Waals surface area contributed by atoms with Crippen molar-refractivity contribution >= 4 is 22.4 Å². The number of aryl methyl sites for hydroxylation is 2. The van der Waals surface area contributed by atoms with Gasteiger partial charge in [-0.3, -0.25) is 19.8 Å². The second kappa shape index (κ2) is 5.45. The van der Waals surface area contributed by atoms with E-state index in [-0.39, 0.29) is 5.91 Å². The van der Waals surface area contributed by atoms with Gasteiger partial charge >= 0.3 is 0 Å². The lowest BCUT2D eigenvalue weighted by molar-refractivity contribution is 0.102. The first-order chi connectivity index (χ1) is 10.1. The van der Waals surface area contributed by atoms with Gasteiger partial charge in [0.05, 0.1) is 5.69 Å². The Kier molecular flexibility index (Phi) is 3.49. The number of nitrogens with one attached hydrogen (secondary N) is 1. The van der Waals surface area contributed by atoms with Crippen molar-refractivity contribution in [1.29, 1.82) is 0 Å². The summed E-state index contributed by atoms with van der Waals surface area (Å²) < 4.78 is 1.62. The zero-order chi connectivity index (χ0) is 14.8. The Morgan fingerprint density at radius 1 is 1.43 bits per heavy atom. The van der Waals surface area contributed by atoms with Gasteiger partial charge in [0.15, 0.2) is 10.8 Å². The molecule has 3 heterocycles. The van der Waals surface area contributed by atoms with Gasteiger partial charge in [-0.15, -0.1) is 11.3 Å². The number of anilines is 1. The van der Waals surface area contributed by atoms with E-state index in [4.69, 9.17) is 0 Å². The molecule has 1 amide bonds. The lowest BCUT2D eigenvalue weighted by Gasteiger charge is -1.99. The van der Waals surface area contributed by atoms with Crippen LogP contribution in [0.5, 0.6) is 0 Å². The third-order valence-electron chi connectivity index (χ3n) is 2.91. The minimum Gasteiger partial charge on any atom is -0.296 e. The number of nitrogens with zero attached hydrogens (tertiary/aromatic N) is 4. The molecule has 3 rings (SSSR count). The van der Waals surface area contributed by atoms with Crippen LogP contribution in [-0.2, 0) is 7.05 Å². The molecule has 0 fully saturated rings. The van der Waals surface area contributed by atoms with Crippen LogP contribution < -0.4 is 5.32 Å². The first kappa shape index (κ1) is 13.4. The molecule has 0 bridgehead atoms. The number of aromatic nitrogens is 4. The van der Waals surface area contributed by atoms with Gasteiger partial charge in [-0.25, -0.2) is 4.98 Å². The molecule has 0 aliphatic heterocycles. The lowest BCUT2D eigenvalue weighted by atomic mass is 10.2. The molecule has 6 nitrogen and oxygen atoms in total. The quantitative estimate of drug-likeness (QED) is 0.806. The van der Waals surface area contributed by atoms with E-state index in [2.05, 4.69) is 20.4 Å². The summed E-state index contributed by atoms with van der Waals surface area (Å²) in [5, 5.41) is 9.35. The molecule has 0 unspecified atom stereocenters. The molecule has 0 aromatic carbocycles. The van der Waals surface area contributed by atoms with Crippen molar-refractivity contribution in [2.45, 2.75) is 6.92 Å². The third-order valence-corrected chi connectivity index (χ3v) is 3.67. The summed E-state index contributed by atoms with van der Waals surface area (Å²) in [6.45, 7) is 1.85. The molecule has 3 aromatic rings. The molecule has 3 aromatic heterocycles. The summed E-state index contributed by atoms with van der Waals surface area (Å²) in [6.07, 6.45) is 5.25. The van der Waals surface area contributed by atoms with Crippen molar-refractivity contribution in [2.75, 3.05) is 5.32 Å². The number of carbonyl (C=O) groups is 1. The van der Waals surface area contributed by atoms with Crippen molar-refractivity contribution in [1.82, 2.24) is 19.7 Å². The van der Waals surface area contributed by atoms with E-state index >= 15 is 0 Å². The molecule has 0 spiro atoms. The zero-order valence-corrected chi connectivity index (χ0v) is 12.4. The van der Waals surface area contributed by atoms with Gasteiger partial charge in [0.2, 0.25) is 0 Å². The highest BCUT2D eigenvalue weighted by Crippen LogP contribution is 2.24. The van der Waals surface area contributed by atoms with Crippen LogP contribution in [0.2, 0.25) is 0 Å². The fourth-order valence-electron chi connectivity index (χ4n) is 1.97. The van der Waals surface area contributed by atoms with Gasteiger partial charge in [0.1, 0.15) is 0 Å². The highest BCUT2D eigenvalue weighted by Gasteiger charge is 2.15. The Labute approximate surface area is 125 Å². The monoisotopic (exact) mass is 299 g/mol. The Morgan fingerprint density at radius 2 is 2.29 bits per heavy atom. The van der Waals surface area contributed by atoms with Gasteiger partial charge in [0, 0.05) is 42.1 Å². The van der Waals surface area contributed by atoms with E-state index < -0.39 is 0 Å². The molecule has 7 heteroatoms. The topological polar surface area (TPSA) is 72.7 Å². The van der Waals surface area contributed by atoms with E-state index in [1.807, 2.05) is 24.4 Å². The Bertz CT molecular complexity index is 778. The summed E-state index contributed by atoms with van der Waals surface area (Å²) in [5.74, 6) is -0.250. The summed E-state index contributed by atoms with van der Waals surface area (Å²) in [4.78, 5) is 20.6. The number of thiazole rings is 1. The van der Waals surface area contributed by atoms with Crippen LogP contribution in [0.15, 0.2) is 36.1 Å². The highest BCUT2D eigenvalue weighted by molar-refractivity contribution is 7.14. The first-order valence-electron chi connectivity index (χ1n) is 6.31. The van der Waals surface area contributed by atoms with Crippen molar-refractivity contribution in [2.24, 2.45) is 7.05 Å². The molecule has 0 aliphatic rings. The average Bonchev–Trinajstić information content (AvgIpc) is 3.06. The van der Waals surface area contributed by atoms with Crippen molar-refractivity contribution in [3.05, 3.63) is 47.4 Å². The average molecular weight is 299 g/mol. The van der Waals surface area contributed by atoms with Crippen LogP contribution in [0.4, 0.5) is 5.13 Å². The zero-order valence-electron chi connectivity index (χ0n) is 11.6. The van der Waals surface area contributed by atoms with E-state index in [0.717, 1.165) is 16.8 Å². The van der Waals surface area contributed by atoms with Gasteiger partial charge in [-0.1, -0.05) is 0 Å². The molecule has 0 saturated carbocycles. The Hall–Kier alpha value is -2.54. The van der Waals surface area contributed by atoms with Crippen LogP contribution in [0.1, 0.15) is 16.1 Å². The molecule has 1 N–H and O–H groups in total. The number of hydrogen-bond acceptors (Lipinski definition) is 5. The number of carbonyl (C=O) groups excluding carboxylic acids is 1. The smallest absolute Gasteiger partial charge is 0.278 e. The summed E-state index contributed by atoms with van der Waals surface area (Å²) in [5.41, 5.74) is 2.96. The van der Waals surface area contributed by atoms with E-state index in [1.54, 1.807) is 30.3 Å². The maximum Gasteiger partial charge on any atom is 0.278 e. The molecule has 21 heavy (non-hydrogen) atoms. The van der Waals surface area contributed by atoms with Crippen LogP contribution in [0.3, 0.4) is 0 Å². The molecular weight excluding hydrogens is 286 g/mol. The van der Waals surface area contributed by atoms with Crippen LogP contribution in [0, 0.1) is 6.92 Å². The predicted octanol–water partition coefficient (Wildman–Crippen LogP) is 2.50. The third kappa shape index (κ3) is 2.82. The van der Waals surface area contributed by atoms with Crippen LogP contribution >= 0.6 is 11.3 Å². The first-order valence-corrected chi connectivity index (χ1v) is 7.19. The Balaban J connectivity index is 1.79. The normalized spacial score (nSPS) is 10.6. The number of pyridine rings is 1. The van der Waals surface area contributed by atoms with Crippen molar-refractivity contribution in [3.8, 4) is 11.3 Å². The van der Waals surface area contributed by atoms with Gasteiger partial charge in [0.25, 0.3) is 5.91 Å². The Morgan fingerprint density at radius 3 is 2.95 bits per heavy atom. The fraction of sp³-hybridized carbons (Fsp3) is 0.143. The molecule has 0 radical (unpaired) electrons. The molecule has 106 valence electrons. The predicted molar refractivity (Wildman–Crippen MR) is 81.2 cm³/mol. The summed E-state index contributed by atoms with van der Waals surface area (Å²) in [6, 6.07) is 3.78. The molecule has 0 atom stereocenters. The standard InChI is InChI=1S/C14H13N5OS/c1-9-7-19(2)18-12(9)13(20)17-14-16-11(8-21-14)10-4-3-5-15-6-10/h3-8H,1-2H3,(H,16,17,20). The minimum atomic E-state index is -0.250. The molecule has 0 saturated heterocycles. The lowest BCUT2D eigenvalue weighted by Crippen LogP contribution is -2.14. The summed E-state index contributed by atoms with van der Waals surface area (Å²) in [7, 11) is 1.79. The second-order valence-electron chi connectivity index (χ2n) is 4.57. The maximum atomic E-state index is 12.2. The minimum absolute atomic E-state index is 0.250. The molecular formula is C14H13N5OS. The SMILES string of the molecule is Cc1cn(C)nc1C(=O)Nc1nc(-c2cccnc2)cs1. The number of rotatable bonds is 3. The number of hydrogen-bond donors (Lipinski definition) is 1. The van der Waals surface area contributed by atoms with Crippen molar-refractivity contribution < 1.29 is 4.79 Å². The van der Waals surface area contributed by atoms with E-state index in [9.17, 15) is 4.79 Å².